The highest BCUT2D eigenvalue weighted by molar-refractivity contribution is 5.89. The number of amides is 1. The van der Waals surface area contributed by atoms with Crippen LogP contribution in [0.15, 0.2) is 24.7 Å². The average Bonchev–Trinajstić information content (AvgIpc) is 2.79. The van der Waals surface area contributed by atoms with Gasteiger partial charge in [0.15, 0.2) is 18.9 Å². The Bertz CT molecular complexity index is 598. The number of hydrogen-bond donors (Lipinski definition) is 2. The van der Waals surface area contributed by atoms with E-state index >= 15 is 0 Å². The molecule has 0 bridgehead atoms. The fraction of sp³-hybridized carbons (Fsp3) is 0.647. The number of rotatable bonds is 6. The van der Waals surface area contributed by atoms with Gasteiger partial charge in [-0.05, 0) is 27.7 Å². The molecule has 2 heterocycles. The number of nitrogens with one attached hydrogen (secondary N) is 1. The Balaban J connectivity index is 2.32. The maximum absolute atomic E-state index is 11.4. The number of nitrogens with zero attached hydrogens (tertiary/aromatic N) is 2. The molecule has 2 aliphatic heterocycles. The summed E-state index contributed by atoms with van der Waals surface area (Å²) < 4.78 is 17.3. The Morgan fingerprint density at radius 3 is 2.68 bits per heavy atom. The first-order valence-electron chi connectivity index (χ1n) is 8.18. The minimum Gasteiger partial charge on any atom is -0.385 e. The molecule has 25 heavy (non-hydrogen) atoms. The number of aliphatic hydroxyl groups is 1. The van der Waals surface area contributed by atoms with Crippen LogP contribution in [0, 0.1) is 6.57 Å². The zero-order valence-corrected chi connectivity index (χ0v) is 14.9. The van der Waals surface area contributed by atoms with Crippen LogP contribution in [0.3, 0.4) is 0 Å². The van der Waals surface area contributed by atoms with E-state index in [1.54, 1.807) is 0 Å². The van der Waals surface area contributed by atoms with Crippen LogP contribution >= 0.6 is 0 Å². The zero-order valence-electron chi connectivity index (χ0n) is 14.9. The Morgan fingerprint density at radius 2 is 2.16 bits per heavy atom. The second-order valence-corrected chi connectivity index (χ2v) is 6.58. The van der Waals surface area contributed by atoms with E-state index in [9.17, 15) is 9.90 Å². The lowest BCUT2D eigenvalue weighted by molar-refractivity contribution is -0.146. The van der Waals surface area contributed by atoms with Crippen molar-refractivity contribution < 1.29 is 24.1 Å². The average molecular weight is 351 g/mol. The summed E-state index contributed by atoms with van der Waals surface area (Å²) in [6, 6.07) is 0. The summed E-state index contributed by atoms with van der Waals surface area (Å²) in [6.45, 7) is 18.7. The van der Waals surface area contributed by atoms with Gasteiger partial charge in [-0.2, -0.15) is 0 Å². The highest BCUT2D eigenvalue weighted by atomic mass is 16.6. The van der Waals surface area contributed by atoms with Crippen molar-refractivity contribution in [1.82, 2.24) is 10.2 Å². The van der Waals surface area contributed by atoms with Crippen LogP contribution < -0.4 is 5.32 Å². The van der Waals surface area contributed by atoms with Crippen LogP contribution in [0.5, 0.6) is 0 Å². The van der Waals surface area contributed by atoms with Gasteiger partial charge in [-0.15, -0.1) is 0 Å². The molecule has 0 spiro atoms. The summed E-state index contributed by atoms with van der Waals surface area (Å²) in [5.74, 6) is -0.0614. The van der Waals surface area contributed by atoms with Crippen molar-refractivity contribution in [3.63, 3.8) is 0 Å². The molecule has 0 aromatic heterocycles. The highest BCUT2D eigenvalue weighted by Crippen LogP contribution is 2.38. The van der Waals surface area contributed by atoms with E-state index in [4.69, 9.17) is 20.8 Å². The van der Waals surface area contributed by atoms with Gasteiger partial charge in [-0.3, -0.25) is 14.4 Å². The van der Waals surface area contributed by atoms with Crippen LogP contribution in [0.4, 0.5) is 0 Å². The first-order valence-corrected chi connectivity index (χ1v) is 8.18. The number of carbonyl (C=O) groups excluding carboxylic acids is 1. The summed E-state index contributed by atoms with van der Waals surface area (Å²) in [6.07, 6.45) is -0.547. The fourth-order valence-corrected chi connectivity index (χ4v) is 2.71. The van der Waals surface area contributed by atoms with E-state index in [-0.39, 0.29) is 30.5 Å². The predicted octanol–water partition coefficient (Wildman–Crippen LogP) is 0.954. The minimum atomic E-state index is -1.49. The first kappa shape index (κ1) is 19.4. The van der Waals surface area contributed by atoms with E-state index in [1.165, 1.54) is 17.2 Å². The molecule has 1 saturated heterocycles. The lowest BCUT2D eigenvalue weighted by atomic mass is 10.0. The Labute approximate surface area is 147 Å². The summed E-state index contributed by atoms with van der Waals surface area (Å²) in [5, 5.41) is 13.3. The molecule has 1 unspecified atom stereocenters. The minimum absolute atomic E-state index is 0.0461. The standard InChI is InChI=1S/C17H25N3O5/c1-10(2)23-9-17(18-6)15(24-11(3)4)14(22)16(25-17)20-8-7-13(21)19-12(20)5/h7-8,10-11,14-16,22H,5,9H2,1-4H3,(H,19,21)/t14-,15?,16+,17+/m0/s1. The molecule has 138 valence electrons. The number of carbonyl (C=O) groups is 1. The van der Waals surface area contributed by atoms with E-state index in [0.717, 1.165) is 0 Å². The molecule has 0 radical (unpaired) electrons. The Kier molecular flexibility index (Phi) is 5.85. The molecular formula is C17H25N3O5. The van der Waals surface area contributed by atoms with Gasteiger partial charge >= 0.3 is 5.72 Å². The third-order valence-corrected chi connectivity index (χ3v) is 3.84. The van der Waals surface area contributed by atoms with Crippen molar-refractivity contribution in [3.8, 4) is 0 Å². The molecule has 2 rings (SSSR count). The SMILES string of the molecule is [C-]#[N+][C@]1(COC(C)C)O[C@@H](N2C=CC(=O)NC2=C)[C@@H](O)C1OC(C)C. The van der Waals surface area contributed by atoms with Gasteiger partial charge in [-0.1, -0.05) is 6.58 Å². The zero-order chi connectivity index (χ0) is 18.8. The molecule has 8 nitrogen and oxygen atoms in total. The van der Waals surface area contributed by atoms with Crippen LogP contribution in [0.2, 0.25) is 0 Å². The van der Waals surface area contributed by atoms with Gasteiger partial charge in [0.05, 0.1) is 12.2 Å². The van der Waals surface area contributed by atoms with Gasteiger partial charge in [0.1, 0.15) is 11.9 Å². The van der Waals surface area contributed by atoms with Crippen LogP contribution in [-0.2, 0) is 19.0 Å². The van der Waals surface area contributed by atoms with Crippen LogP contribution in [0.1, 0.15) is 27.7 Å². The van der Waals surface area contributed by atoms with Gasteiger partial charge in [0, 0.05) is 12.3 Å². The molecule has 1 amide bonds. The van der Waals surface area contributed by atoms with Gasteiger partial charge in [0.25, 0.3) is 5.91 Å². The molecule has 0 aromatic carbocycles. The fourth-order valence-electron chi connectivity index (χ4n) is 2.71. The normalized spacial score (nSPS) is 32.4. The number of hydrogen-bond acceptors (Lipinski definition) is 6. The highest BCUT2D eigenvalue weighted by Gasteiger charge is 2.64. The molecule has 2 aliphatic rings. The number of ether oxygens (including phenoxy) is 3. The lowest BCUT2D eigenvalue weighted by Gasteiger charge is -2.32. The molecule has 2 N–H and O–H groups in total. The molecule has 0 aliphatic carbocycles. The first-order chi connectivity index (χ1) is 11.7. The molecule has 0 aromatic rings. The topological polar surface area (TPSA) is 84.6 Å². The van der Waals surface area contributed by atoms with Crippen molar-refractivity contribution in [3.05, 3.63) is 36.1 Å². The summed E-state index contributed by atoms with van der Waals surface area (Å²) in [7, 11) is 0. The summed E-state index contributed by atoms with van der Waals surface area (Å²) in [5.41, 5.74) is -1.49. The third kappa shape index (κ3) is 4.02. The van der Waals surface area contributed by atoms with Crippen molar-refractivity contribution >= 4 is 5.91 Å². The second kappa shape index (κ2) is 7.54. The molecule has 4 atom stereocenters. The Hall–Kier alpha value is -1.92. The maximum Gasteiger partial charge on any atom is 0.391 e. The van der Waals surface area contributed by atoms with Gasteiger partial charge in [0.2, 0.25) is 0 Å². The van der Waals surface area contributed by atoms with Gasteiger partial charge < -0.3 is 24.8 Å². The summed E-state index contributed by atoms with van der Waals surface area (Å²) >= 11 is 0. The lowest BCUT2D eigenvalue weighted by Crippen LogP contribution is -2.48. The van der Waals surface area contributed by atoms with E-state index in [2.05, 4.69) is 16.7 Å². The smallest absolute Gasteiger partial charge is 0.385 e. The second-order valence-electron chi connectivity index (χ2n) is 6.58. The monoisotopic (exact) mass is 351 g/mol. The van der Waals surface area contributed by atoms with Gasteiger partial charge in [-0.25, -0.2) is 6.57 Å². The largest absolute Gasteiger partial charge is 0.391 e. The number of aliphatic hydroxyl groups excluding tert-OH is 1. The predicted molar refractivity (Wildman–Crippen MR) is 89.6 cm³/mol. The quantitative estimate of drug-likeness (QED) is 0.694. The van der Waals surface area contributed by atoms with Crippen molar-refractivity contribution in [2.24, 2.45) is 0 Å². The third-order valence-electron chi connectivity index (χ3n) is 3.84. The Morgan fingerprint density at radius 1 is 1.48 bits per heavy atom. The van der Waals surface area contributed by atoms with Crippen molar-refractivity contribution in [2.75, 3.05) is 6.61 Å². The van der Waals surface area contributed by atoms with Crippen LogP contribution in [0.25, 0.3) is 4.85 Å². The molecular weight excluding hydrogens is 326 g/mol. The van der Waals surface area contributed by atoms with E-state index < -0.39 is 24.2 Å². The van der Waals surface area contributed by atoms with Crippen molar-refractivity contribution in [2.45, 2.75) is 64.1 Å². The summed E-state index contributed by atoms with van der Waals surface area (Å²) in [4.78, 5) is 16.5. The molecule has 0 saturated carbocycles. The van der Waals surface area contributed by atoms with Crippen LogP contribution in [-0.4, -0.2) is 58.9 Å². The molecule has 8 heteroatoms. The van der Waals surface area contributed by atoms with Crippen molar-refractivity contribution in [1.29, 1.82) is 0 Å². The molecule has 1 fully saturated rings. The maximum atomic E-state index is 11.4. The van der Waals surface area contributed by atoms with E-state index in [1.807, 2.05) is 27.7 Å². The van der Waals surface area contributed by atoms with E-state index in [0.29, 0.717) is 0 Å².